The third kappa shape index (κ3) is 2.68. The minimum atomic E-state index is -0.473. The third-order valence-corrected chi connectivity index (χ3v) is 4.05. The molecule has 3 rings (SSSR count). The fraction of sp³-hybridized carbons (Fsp3) is 0.278. The van der Waals surface area contributed by atoms with Crippen molar-refractivity contribution in [3.05, 3.63) is 65.0 Å². The van der Waals surface area contributed by atoms with Crippen LogP contribution in [0.15, 0.2) is 42.5 Å². The van der Waals surface area contributed by atoms with Crippen LogP contribution in [0.2, 0.25) is 0 Å². The van der Waals surface area contributed by atoms with Crippen LogP contribution in [0.5, 0.6) is 0 Å². The average Bonchev–Trinajstić information content (AvgIpc) is 2.55. The number of aryl methyl sites for hydroxylation is 1. The van der Waals surface area contributed by atoms with Gasteiger partial charge in [0.1, 0.15) is 23.6 Å². The first-order valence-electron chi connectivity index (χ1n) is 7.31. The minimum absolute atomic E-state index is 0.0650. The molecular weight excluding hydrogens is 279 g/mol. The Morgan fingerprint density at radius 1 is 1.23 bits per heavy atom. The number of nitrogens with zero attached hydrogens (tertiary/aromatic N) is 2. The summed E-state index contributed by atoms with van der Waals surface area (Å²) >= 11 is 0. The number of benzene rings is 2. The lowest BCUT2D eigenvalue weighted by molar-refractivity contribution is 0.0394. The van der Waals surface area contributed by atoms with E-state index in [9.17, 15) is 9.65 Å². The molecule has 3 nitrogen and oxygen atoms in total. The lowest BCUT2D eigenvalue weighted by Crippen LogP contribution is -2.39. The van der Waals surface area contributed by atoms with E-state index in [0.29, 0.717) is 25.4 Å². The lowest BCUT2D eigenvalue weighted by atomic mass is 10.0. The van der Waals surface area contributed by atoms with Crippen LogP contribution in [0.4, 0.5) is 10.1 Å². The van der Waals surface area contributed by atoms with E-state index in [0.717, 1.165) is 5.56 Å². The van der Waals surface area contributed by atoms with Crippen molar-refractivity contribution in [1.82, 2.24) is 0 Å². The van der Waals surface area contributed by atoms with Gasteiger partial charge in [-0.15, -0.1) is 0 Å². The second kappa shape index (κ2) is 6.17. The van der Waals surface area contributed by atoms with Gasteiger partial charge >= 0.3 is 0 Å². The Morgan fingerprint density at radius 2 is 2.05 bits per heavy atom. The maximum atomic E-state index is 13.8. The number of hydrogen-bond donors (Lipinski definition) is 0. The molecule has 112 valence electrons. The van der Waals surface area contributed by atoms with Gasteiger partial charge in [-0.3, -0.25) is 0 Å². The predicted octanol–water partition coefficient (Wildman–Crippen LogP) is 3.58. The summed E-state index contributed by atoms with van der Waals surface area (Å²) in [5.41, 5.74) is 3.06. The van der Waals surface area contributed by atoms with E-state index < -0.39 is 5.82 Å². The van der Waals surface area contributed by atoms with Gasteiger partial charge < -0.3 is 9.64 Å². The highest BCUT2D eigenvalue weighted by atomic mass is 19.1. The molecular formula is C18H17FN2O. The molecule has 4 heteroatoms. The zero-order valence-electron chi connectivity index (χ0n) is 12.4. The Labute approximate surface area is 129 Å². The summed E-state index contributed by atoms with van der Waals surface area (Å²) in [6, 6.07) is 14.8. The Balaban J connectivity index is 1.90. The number of halogens is 1. The standard InChI is InChI=1S/C18H17FN2O/c1-13-5-2-3-6-14(13)18-12-21(9-10-22-18)17-8-4-7-16(19)15(17)11-20/h2-8,18H,9-10,12H2,1H3. The van der Waals surface area contributed by atoms with E-state index in [2.05, 4.69) is 19.1 Å². The number of ether oxygens (including phenoxy) is 1. The summed E-state index contributed by atoms with van der Waals surface area (Å²) in [5.74, 6) is -0.473. The van der Waals surface area contributed by atoms with Gasteiger partial charge in [-0.1, -0.05) is 30.3 Å². The fourth-order valence-corrected chi connectivity index (χ4v) is 2.89. The zero-order chi connectivity index (χ0) is 15.5. The van der Waals surface area contributed by atoms with Crippen LogP contribution in [-0.2, 0) is 4.74 Å². The SMILES string of the molecule is Cc1ccccc1C1CN(c2cccc(F)c2C#N)CCO1. The van der Waals surface area contributed by atoms with Gasteiger partial charge in [-0.25, -0.2) is 4.39 Å². The van der Waals surface area contributed by atoms with Gasteiger partial charge in [0, 0.05) is 13.1 Å². The summed E-state index contributed by atoms with van der Waals surface area (Å²) in [4.78, 5) is 2.03. The number of rotatable bonds is 2. The van der Waals surface area contributed by atoms with Crippen molar-refractivity contribution < 1.29 is 9.13 Å². The van der Waals surface area contributed by atoms with Crippen LogP contribution in [0.25, 0.3) is 0 Å². The Bertz CT molecular complexity index is 723. The molecule has 1 aliphatic heterocycles. The number of hydrogen-bond acceptors (Lipinski definition) is 3. The van der Waals surface area contributed by atoms with E-state index >= 15 is 0 Å². The van der Waals surface area contributed by atoms with E-state index in [1.165, 1.54) is 11.6 Å². The molecule has 0 radical (unpaired) electrons. The molecule has 0 amide bonds. The second-order valence-corrected chi connectivity index (χ2v) is 5.41. The Kier molecular flexibility index (Phi) is 4.08. The highest BCUT2D eigenvalue weighted by Crippen LogP contribution is 2.30. The second-order valence-electron chi connectivity index (χ2n) is 5.41. The van der Waals surface area contributed by atoms with Crippen LogP contribution in [0, 0.1) is 24.1 Å². The molecule has 0 N–H and O–H groups in total. The molecule has 0 aliphatic carbocycles. The molecule has 1 aliphatic rings. The predicted molar refractivity (Wildman–Crippen MR) is 83.2 cm³/mol. The fourth-order valence-electron chi connectivity index (χ4n) is 2.89. The summed E-state index contributed by atoms with van der Waals surface area (Å²) in [7, 11) is 0. The molecule has 1 saturated heterocycles. The summed E-state index contributed by atoms with van der Waals surface area (Å²) in [6.07, 6.45) is -0.0650. The third-order valence-electron chi connectivity index (χ3n) is 4.05. The number of anilines is 1. The van der Waals surface area contributed by atoms with Crippen LogP contribution in [0.1, 0.15) is 22.8 Å². The minimum Gasteiger partial charge on any atom is -0.370 e. The summed E-state index contributed by atoms with van der Waals surface area (Å²) in [6.45, 7) is 3.88. The molecule has 2 aromatic carbocycles. The highest BCUT2D eigenvalue weighted by Gasteiger charge is 2.25. The molecule has 1 fully saturated rings. The first kappa shape index (κ1) is 14.6. The van der Waals surface area contributed by atoms with Crippen molar-refractivity contribution in [3.8, 4) is 6.07 Å². The molecule has 1 unspecified atom stereocenters. The first-order chi connectivity index (χ1) is 10.7. The van der Waals surface area contributed by atoms with Gasteiger partial charge in [0.2, 0.25) is 0 Å². The summed E-state index contributed by atoms with van der Waals surface area (Å²) in [5, 5.41) is 9.21. The molecule has 1 heterocycles. The van der Waals surface area contributed by atoms with Crippen molar-refractivity contribution in [2.24, 2.45) is 0 Å². The van der Waals surface area contributed by atoms with Gasteiger partial charge in [0.25, 0.3) is 0 Å². The van der Waals surface area contributed by atoms with Crippen molar-refractivity contribution in [1.29, 1.82) is 5.26 Å². The first-order valence-corrected chi connectivity index (χ1v) is 7.31. The Morgan fingerprint density at radius 3 is 2.82 bits per heavy atom. The molecule has 2 aromatic rings. The molecule has 22 heavy (non-hydrogen) atoms. The average molecular weight is 296 g/mol. The molecule has 1 atom stereocenters. The number of morpholine rings is 1. The van der Waals surface area contributed by atoms with E-state index in [1.807, 2.05) is 23.1 Å². The van der Waals surface area contributed by atoms with Crippen molar-refractivity contribution in [3.63, 3.8) is 0 Å². The van der Waals surface area contributed by atoms with Crippen LogP contribution >= 0.6 is 0 Å². The van der Waals surface area contributed by atoms with Gasteiger partial charge in [0.05, 0.1) is 12.3 Å². The quantitative estimate of drug-likeness (QED) is 0.850. The largest absolute Gasteiger partial charge is 0.370 e. The molecule has 0 spiro atoms. The lowest BCUT2D eigenvalue weighted by Gasteiger charge is -2.35. The zero-order valence-corrected chi connectivity index (χ0v) is 12.4. The van der Waals surface area contributed by atoms with Crippen LogP contribution in [0.3, 0.4) is 0 Å². The topological polar surface area (TPSA) is 36.3 Å². The molecule has 0 saturated carbocycles. The normalized spacial score (nSPS) is 18.0. The van der Waals surface area contributed by atoms with Crippen LogP contribution < -0.4 is 4.90 Å². The van der Waals surface area contributed by atoms with Crippen LogP contribution in [-0.4, -0.2) is 19.7 Å². The van der Waals surface area contributed by atoms with E-state index in [4.69, 9.17) is 4.74 Å². The highest BCUT2D eigenvalue weighted by molar-refractivity contribution is 5.60. The maximum absolute atomic E-state index is 13.8. The van der Waals surface area contributed by atoms with Crippen molar-refractivity contribution >= 4 is 5.69 Å². The van der Waals surface area contributed by atoms with Crippen molar-refractivity contribution in [2.75, 3.05) is 24.6 Å². The smallest absolute Gasteiger partial charge is 0.143 e. The number of nitriles is 1. The maximum Gasteiger partial charge on any atom is 0.143 e. The van der Waals surface area contributed by atoms with E-state index in [-0.39, 0.29) is 11.7 Å². The Hall–Kier alpha value is -2.38. The monoisotopic (exact) mass is 296 g/mol. The van der Waals surface area contributed by atoms with Crippen molar-refractivity contribution in [2.45, 2.75) is 13.0 Å². The molecule has 0 aromatic heterocycles. The van der Waals surface area contributed by atoms with Gasteiger partial charge in [0.15, 0.2) is 0 Å². The van der Waals surface area contributed by atoms with Gasteiger partial charge in [-0.05, 0) is 30.2 Å². The summed E-state index contributed by atoms with van der Waals surface area (Å²) < 4.78 is 19.7. The van der Waals surface area contributed by atoms with E-state index in [1.54, 1.807) is 12.1 Å². The van der Waals surface area contributed by atoms with Gasteiger partial charge in [-0.2, -0.15) is 5.26 Å². The molecule has 0 bridgehead atoms.